The van der Waals surface area contributed by atoms with Gasteiger partial charge in [-0.25, -0.2) is 4.39 Å². The normalized spacial score (nSPS) is 26.8. The van der Waals surface area contributed by atoms with Crippen LogP contribution in [0.1, 0.15) is 89.0 Å². The molecule has 1 aromatic carbocycles. The predicted octanol–water partition coefficient (Wildman–Crippen LogP) is 8.86. The molecule has 0 atom stereocenters. The molecule has 0 bridgehead atoms. The number of hydrogen-bond acceptors (Lipinski definition) is 1. The minimum atomic E-state index is -0.721. The lowest BCUT2D eigenvalue weighted by Crippen LogP contribution is -2.25. The molecule has 3 rings (SSSR count). The summed E-state index contributed by atoms with van der Waals surface area (Å²) in [5.74, 6) is 2.76. The molecule has 0 heterocycles. The molecule has 0 aromatic heterocycles. The van der Waals surface area contributed by atoms with Gasteiger partial charge in [-0.2, -0.15) is 9.65 Å². The summed E-state index contributed by atoms with van der Waals surface area (Å²) in [6.07, 6.45) is 23.2. The highest BCUT2D eigenvalue weighted by Crippen LogP contribution is 2.43. The van der Waals surface area contributed by atoms with E-state index in [4.69, 9.17) is 5.26 Å². The first-order valence-corrected chi connectivity index (χ1v) is 12.8. The zero-order chi connectivity index (χ0) is 22.6. The van der Waals surface area contributed by atoms with E-state index in [9.17, 15) is 8.78 Å². The van der Waals surface area contributed by atoms with Crippen molar-refractivity contribution in [1.82, 2.24) is 0 Å². The maximum atomic E-state index is 13.0. The number of allylic oxidation sites excluding steroid dienone is 4. The highest BCUT2D eigenvalue weighted by Gasteiger charge is 2.30. The minimum Gasteiger partial charge on any atom is -0.207 e. The number of hydrogen-bond donors (Lipinski definition) is 0. The molecule has 32 heavy (non-hydrogen) atoms. The quantitative estimate of drug-likeness (QED) is 0.203. The van der Waals surface area contributed by atoms with Crippen molar-refractivity contribution >= 4 is 0 Å². The summed E-state index contributed by atoms with van der Waals surface area (Å²) in [5, 5.41) is 8.40. The monoisotopic (exact) mass is 439 g/mol. The lowest BCUT2D eigenvalue weighted by Gasteiger charge is -2.38. The van der Waals surface area contributed by atoms with Crippen LogP contribution < -0.4 is 0 Å². The molecule has 3 heteroatoms. The van der Waals surface area contributed by atoms with Crippen molar-refractivity contribution in [3.8, 4) is 6.07 Å². The molecule has 0 spiro atoms. The molecule has 2 aliphatic carbocycles. The van der Waals surface area contributed by atoms with Gasteiger partial charge in [-0.3, -0.25) is 0 Å². The van der Waals surface area contributed by atoms with Crippen LogP contribution >= 0.6 is 0 Å². The average molecular weight is 440 g/mol. The van der Waals surface area contributed by atoms with Gasteiger partial charge in [0.2, 0.25) is 0 Å². The van der Waals surface area contributed by atoms with Crippen LogP contribution in [0.15, 0.2) is 48.3 Å². The van der Waals surface area contributed by atoms with Gasteiger partial charge in [0, 0.05) is 0 Å². The first kappa shape index (κ1) is 24.7. The molecule has 2 fully saturated rings. The second kappa shape index (κ2) is 13.6. The molecule has 2 aliphatic rings. The van der Waals surface area contributed by atoms with E-state index in [1.807, 2.05) is 18.2 Å². The van der Waals surface area contributed by atoms with Crippen molar-refractivity contribution < 1.29 is 8.78 Å². The van der Waals surface area contributed by atoms with E-state index in [1.165, 1.54) is 94.8 Å². The number of nitriles is 1. The van der Waals surface area contributed by atoms with Crippen molar-refractivity contribution in [2.45, 2.75) is 89.9 Å². The molecule has 0 N–H and O–H groups in total. The molecule has 1 nitrogen and oxygen atoms in total. The fourth-order valence-corrected chi connectivity index (χ4v) is 5.93. The summed E-state index contributed by atoms with van der Waals surface area (Å²) in [4.78, 5) is 0. The number of halogens is 2. The Balaban J connectivity index is 1.24. The van der Waals surface area contributed by atoms with Crippen molar-refractivity contribution in [3.05, 3.63) is 59.7 Å². The number of rotatable bonds is 10. The van der Waals surface area contributed by atoms with Crippen LogP contribution in [0.2, 0.25) is 0 Å². The smallest absolute Gasteiger partial charge is 0.199 e. The van der Waals surface area contributed by atoms with Crippen LogP contribution in [0.25, 0.3) is 0 Å². The van der Waals surface area contributed by atoms with Gasteiger partial charge in [0.1, 0.15) is 11.9 Å². The molecule has 0 radical (unpaired) electrons. The maximum absolute atomic E-state index is 13.0. The van der Waals surface area contributed by atoms with E-state index in [0.29, 0.717) is 0 Å². The van der Waals surface area contributed by atoms with Crippen LogP contribution in [0, 0.1) is 40.8 Å². The van der Waals surface area contributed by atoms with Crippen LogP contribution in [-0.4, -0.2) is 0 Å². The first-order chi connectivity index (χ1) is 15.6. The Labute approximate surface area is 193 Å². The predicted molar refractivity (Wildman–Crippen MR) is 128 cm³/mol. The van der Waals surface area contributed by atoms with Gasteiger partial charge in [0.25, 0.3) is 0 Å². The van der Waals surface area contributed by atoms with E-state index in [-0.39, 0.29) is 5.82 Å². The van der Waals surface area contributed by atoms with Crippen molar-refractivity contribution in [1.29, 1.82) is 5.26 Å². The number of nitrogens with zero attached hydrogens (tertiary/aromatic N) is 1. The van der Waals surface area contributed by atoms with Crippen LogP contribution in [0.5, 0.6) is 0 Å². The summed E-state index contributed by atoms with van der Waals surface area (Å²) in [5.41, 5.74) is 1.26. The van der Waals surface area contributed by atoms with E-state index in [1.54, 1.807) is 18.2 Å². The lowest BCUT2D eigenvalue weighted by molar-refractivity contribution is 0.140. The van der Waals surface area contributed by atoms with Crippen molar-refractivity contribution in [3.63, 3.8) is 0 Å². The fraction of sp³-hybridized carbons (Fsp3) is 0.621. The summed E-state index contributed by atoms with van der Waals surface area (Å²) >= 11 is 0. The standard InChI is InChI=1S/C29H39F2N/c30-28-20-14-25(15-21-28)8-5-4-7-24-12-18-27(19-13-24)26-16-10-23(11-17-26)6-2-1-3-9-29(31)22-32/h1,3,9,14-15,20-21,23-24,26-27H,2,4-8,10-13,16-19H2/b3-1+,29-9-. The molecule has 0 aliphatic heterocycles. The van der Waals surface area contributed by atoms with Gasteiger partial charge in [-0.1, -0.05) is 62.8 Å². The van der Waals surface area contributed by atoms with Gasteiger partial charge in [-0.05, 0) is 98.8 Å². The Kier molecular flexibility index (Phi) is 10.5. The summed E-state index contributed by atoms with van der Waals surface area (Å²) in [6.45, 7) is 0. The highest BCUT2D eigenvalue weighted by atomic mass is 19.1. The molecule has 0 amide bonds. The van der Waals surface area contributed by atoms with Crippen LogP contribution in [-0.2, 0) is 6.42 Å². The summed E-state index contributed by atoms with van der Waals surface area (Å²) < 4.78 is 25.7. The zero-order valence-electron chi connectivity index (χ0n) is 19.5. The largest absolute Gasteiger partial charge is 0.207 e. The van der Waals surface area contributed by atoms with Gasteiger partial charge in [-0.15, -0.1) is 0 Å². The van der Waals surface area contributed by atoms with Gasteiger partial charge < -0.3 is 0 Å². The zero-order valence-corrected chi connectivity index (χ0v) is 19.5. The molecular formula is C29H39F2N. The Morgan fingerprint density at radius 1 is 0.875 bits per heavy atom. The average Bonchev–Trinajstić information content (AvgIpc) is 2.83. The van der Waals surface area contributed by atoms with E-state index in [2.05, 4.69) is 0 Å². The summed E-state index contributed by atoms with van der Waals surface area (Å²) in [6, 6.07) is 8.47. The second-order valence-electron chi connectivity index (χ2n) is 10.1. The third kappa shape index (κ3) is 8.53. The third-order valence-corrected chi connectivity index (χ3v) is 7.92. The van der Waals surface area contributed by atoms with Gasteiger partial charge in [0.15, 0.2) is 5.83 Å². The SMILES string of the molecule is N#C/C(F)=C/C=C/CCC1CCC(C2CCC(CCCCc3ccc(F)cc3)CC2)CC1. The van der Waals surface area contributed by atoms with E-state index < -0.39 is 5.83 Å². The first-order valence-electron chi connectivity index (χ1n) is 12.8. The highest BCUT2D eigenvalue weighted by molar-refractivity contribution is 5.18. The van der Waals surface area contributed by atoms with E-state index in [0.717, 1.165) is 36.5 Å². The van der Waals surface area contributed by atoms with Crippen LogP contribution in [0.4, 0.5) is 8.78 Å². The molecule has 0 saturated heterocycles. The second-order valence-corrected chi connectivity index (χ2v) is 10.1. The number of benzene rings is 1. The Bertz CT molecular complexity index is 757. The van der Waals surface area contributed by atoms with Gasteiger partial charge in [0.05, 0.1) is 0 Å². The molecule has 1 aromatic rings. The third-order valence-electron chi connectivity index (χ3n) is 7.92. The molecular weight excluding hydrogens is 400 g/mol. The van der Waals surface area contributed by atoms with Crippen LogP contribution in [0.3, 0.4) is 0 Å². The maximum Gasteiger partial charge on any atom is 0.199 e. The Morgan fingerprint density at radius 3 is 2.06 bits per heavy atom. The lowest BCUT2D eigenvalue weighted by atomic mass is 9.68. The molecule has 174 valence electrons. The van der Waals surface area contributed by atoms with Crippen molar-refractivity contribution in [2.75, 3.05) is 0 Å². The molecule has 0 unspecified atom stereocenters. The summed E-state index contributed by atoms with van der Waals surface area (Å²) in [7, 11) is 0. The Hall–Kier alpha value is -1.95. The van der Waals surface area contributed by atoms with Crippen molar-refractivity contribution in [2.24, 2.45) is 23.7 Å². The Morgan fingerprint density at radius 2 is 1.47 bits per heavy atom. The van der Waals surface area contributed by atoms with Gasteiger partial charge >= 0.3 is 0 Å². The number of aryl methyl sites for hydroxylation is 1. The number of unbranched alkanes of at least 4 members (excludes halogenated alkanes) is 1. The topological polar surface area (TPSA) is 23.8 Å². The molecule has 2 saturated carbocycles. The minimum absolute atomic E-state index is 0.144. The van der Waals surface area contributed by atoms with E-state index >= 15 is 0 Å². The fourth-order valence-electron chi connectivity index (χ4n) is 5.93.